The van der Waals surface area contributed by atoms with Crippen molar-refractivity contribution in [3.63, 3.8) is 0 Å². The molecule has 9 heteroatoms. The molecule has 0 unspecified atom stereocenters. The first kappa shape index (κ1) is 21.1. The largest absolute Gasteiger partial charge is 0.480 e. The van der Waals surface area contributed by atoms with Crippen LogP contribution >= 0.6 is 0 Å². The van der Waals surface area contributed by atoms with Crippen molar-refractivity contribution in [3.05, 3.63) is 35.9 Å². The van der Waals surface area contributed by atoms with Crippen LogP contribution in [0.5, 0.6) is 0 Å². The van der Waals surface area contributed by atoms with E-state index in [1.165, 1.54) is 6.92 Å². The highest BCUT2D eigenvalue weighted by Gasteiger charge is 2.35. The quantitative estimate of drug-likeness (QED) is 0.450. The van der Waals surface area contributed by atoms with Crippen LogP contribution in [-0.4, -0.2) is 52.7 Å². The lowest BCUT2D eigenvalue weighted by molar-refractivity contribution is -0.143. The maximum Gasteiger partial charge on any atom is 0.326 e. The highest BCUT2D eigenvalue weighted by Crippen LogP contribution is 2.09. The molecule has 4 N–H and O–H groups in total. The number of hydrogen-bond acceptors (Lipinski definition) is 5. The molecule has 0 aliphatic carbocycles. The fourth-order valence-electron chi connectivity index (χ4n) is 2.86. The number of carboxylic acid groups (broad SMARTS) is 1. The summed E-state index contributed by atoms with van der Waals surface area (Å²) in [6.07, 6.45) is -0.0964. The first-order chi connectivity index (χ1) is 13.3. The van der Waals surface area contributed by atoms with Crippen molar-refractivity contribution in [2.24, 2.45) is 0 Å². The van der Waals surface area contributed by atoms with Gasteiger partial charge < -0.3 is 25.9 Å². The second kappa shape index (κ2) is 9.63. The summed E-state index contributed by atoms with van der Waals surface area (Å²) in [6.45, 7) is 1.33. The van der Waals surface area contributed by atoms with E-state index in [2.05, 4.69) is 16.0 Å². The van der Waals surface area contributed by atoms with E-state index in [-0.39, 0.29) is 25.0 Å². The SMILES string of the molecule is CC(=O)CC[C@@H](NC(=O)C[C@@H]1NC(=O)[C@H](Cc2ccccc2)NC1=O)C(=O)O. The molecule has 150 valence electrons. The van der Waals surface area contributed by atoms with Crippen LogP contribution in [0.4, 0.5) is 0 Å². The fourth-order valence-corrected chi connectivity index (χ4v) is 2.86. The number of piperazine rings is 1. The van der Waals surface area contributed by atoms with Crippen molar-refractivity contribution >= 4 is 29.5 Å². The molecule has 2 rings (SSSR count). The molecule has 1 fully saturated rings. The number of Topliss-reactive ketones (excluding diaryl/α,β-unsaturated/α-hetero) is 1. The van der Waals surface area contributed by atoms with Crippen LogP contribution in [-0.2, 0) is 30.4 Å². The number of benzene rings is 1. The molecule has 1 saturated heterocycles. The number of rotatable bonds is 9. The molecular formula is C19H23N3O6. The van der Waals surface area contributed by atoms with Crippen LogP contribution < -0.4 is 16.0 Å². The first-order valence-corrected chi connectivity index (χ1v) is 8.92. The number of amides is 3. The fraction of sp³-hybridized carbons (Fsp3) is 0.421. The van der Waals surface area contributed by atoms with Gasteiger partial charge in [0.15, 0.2) is 0 Å². The molecule has 3 atom stereocenters. The van der Waals surface area contributed by atoms with Gasteiger partial charge in [0.05, 0.1) is 6.42 Å². The molecule has 1 aliphatic rings. The smallest absolute Gasteiger partial charge is 0.326 e. The monoisotopic (exact) mass is 389 g/mol. The normalized spacial score (nSPS) is 19.9. The van der Waals surface area contributed by atoms with Crippen molar-refractivity contribution in [1.82, 2.24) is 16.0 Å². The molecular weight excluding hydrogens is 366 g/mol. The van der Waals surface area contributed by atoms with Crippen molar-refractivity contribution < 1.29 is 29.1 Å². The molecule has 1 aromatic carbocycles. The second-order valence-corrected chi connectivity index (χ2v) is 6.72. The minimum atomic E-state index is -1.27. The zero-order valence-corrected chi connectivity index (χ0v) is 15.4. The molecule has 3 amide bonds. The maximum atomic E-state index is 12.3. The van der Waals surface area contributed by atoms with Crippen molar-refractivity contribution in [1.29, 1.82) is 0 Å². The van der Waals surface area contributed by atoms with Crippen LogP contribution in [0.1, 0.15) is 31.7 Å². The number of nitrogens with one attached hydrogen (secondary N) is 3. The molecule has 1 aliphatic heterocycles. The van der Waals surface area contributed by atoms with Gasteiger partial charge in [0.1, 0.15) is 23.9 Å². The van der Waals surface area contributed by atoms with Gasteiger partial charge in [-0.3, -0.25) is 14.4 Å². The molecule has 9 nitrogen and oxygen atoms in total. The lowest BCUT2D eigenvalue weighted by Gasteiger charge is -2.29. The molecule has 1 aromatic rings. The average molecular weight is 389 g/mol. The van der Waals surface area contributed by atoms with Gasteiger partial charge >= 0.3 is 5.97 Å². The summed E-state index contributed by atoms with van der Waals surface area (Å²) in [7, 11) is 0. The zero-order chi connectivity index (χ0) is 20.7. The summed E-state index contributed by atoms with van der Waals surface area (Å²) in [5, 5.41) is 16.5. The van der Waals surface area contributed by atoms with E-state index >= 15 is 0 Å². The average Bonchev–Trinajstić information content (AvgIpc) is 2.63. The Morgan fingerprint density at radius 1 is 1.07 bits per heavy atom. The Bertz CT molecular complexity index is 764. The van der Waals surface area contributed by atoms with Gasteiger partial charge in [0.25, 0.3) is 0 Å². The van der Waals surface area contributed by atoms with Gasteiger partial charge in [-0.05, 0) is 18.9 Å². The predicted molar refractivity (Wildman–Crippen MR) is 98.1 cm³/mol. The maximum absolute atomic E-state index is 12.3. The van der Waals surface area contributed by atoms with Crippen molar-refractivity contribution in [2.75, 3.05) is 0 Å². The number of hydrogen-bond donors (Lipinski definition) is 4. The van der Waals surface area contributed by atoms with Gasteiger partial charge in [-0.15, -0.1) is 0 Å². The van der Waals surface area contributed by atoms with E-state index < -0.39 is 41.8 Å². The molecule has 28 heavy (non-hydrogen) atoms. The minimum Gasteiger partial charge on any atom is -0.480 e. The van der Waals surface area contributed by atoms with E-state index in [1.54, 1.807) is 0 Å². The van der Waals surface area contributed by atoms with Crippen LogP contribution in [0, 0.1) is 0 Å². The minimum absolute atomic E-state index is 0.0130. The van der Waals surface area contributed by atoms with Gasteiger partial charge in [-0.2, -0.15) is 0 Å². The van der Waals surface area contributed by atoms with Gasteiger partial charge in [-0.1, -0.05) is 30.3 Å². The standard InChI is InChI=1S/C19H23N3O6/c1-11(23)7-8-13(19(27)28)20-16(24)10-15-18(26)21-14(17(25)22-15)9-12-5-3-2-4-6-12/h2-6,13-15H,7-10H2,1H3,(H,20,24)(H,21,26)(H,22,25)(H,27,28)/t13-,14+,15+/m1/s1. The Kier molecular flexibility index (Phi) is 7.25. The van der Waals surface area contributed by atoms with Gasteiger partial charge in [0.2, 0.25) is 17.7 Å². The van der Waals surface area contributed by atoms with E-state index in [0.29, 0.717) is 6.42 Å². The van der Waals surface area contributed by atoms with Gasteiger partial charge in [-0.25, -0.2) is 4.79 Å². The molecule has 0 radical (unpaired) electrons. The van der Waals surface area contributed by atoms with E-state index in [0.717, 1.165) is 5.56 Å². The van der Waals surface area contributed by atoms with E-state index in [1.807, 2.05) is 30.3 Å². The van der Waals surface area contributed by atoms with Crippen LogP contribution in [0.25, 0.3) is 0 Å². The van der Waals surface area contributed by atoms with Gasteiger partial charge in [0, 0.05) is 12.8 Å². The predicted octanol–water partition coefficient (Wildman–Crippen LogP) is -0.459. The lowest BCUT2D eigenvalue weighted by atomic mass is 10.0. The third kappa shape index (κ3) is 6.19. The van der Waals surface area contributed by atoms with Crippen molar-refractivity contribution in [2.45, 2.75) is 50.7 Å². The summed E-state index contributed by atoms with van der Waals surface area (Å²) in [5.74, 6) is -3.07. The first-order valence-electron chi connectivity index (χ1n) is 8.92. The van der Waals surface area contributed by atoms with E-state index in [4.69, 9.17) is 5.11 Å². The summed E-state index contributed by atoms with van der Waals surface area (Å²) in [5.41, 5.74) is 0.883. The summed E-state index contributed by atoms with van der Waals surface area (Å²) in [6, 6.07) is 6.13. The molecule has 0 aromatic heterocycles. The van der Waals surface area contributed by atoms with E-state index in [9.17, 15) is 24.0 Å². The molecule has 0 spiro atoms. The van der Waals surface area contributed by atoms with Crippen LogP contribution in [0.2, 0.25) is 0 Å². The highest BCUT2D eigenvalue weighted by molar-refractivity contribution is 5.99. The number of carbonyl (C=O) groups excluding carboxylic acids is 4. The summed E-state index contributed by atoms with van der Waals surface area (Å²) < 4.78 is 0. The lowest BCUT2D eigenvalue weighted by Crippen LogP contribution is -2.63. The third-order valence-electron chi connectivity index (χ3n) is 4.36. The van der Waals surface area contributed by atoms with Crippen molar-refractivity contribution in [3.8, 4) is 0 Å². The Labute approximate surface area is 161 Å². The highest BCUT2D eigenvalue weighted by atomic mass is 16.4. The zero-order valence-electron chi connectivity index (χ0n) is 15.4. The Morgan fingerprint density at radius 2 is 1.68 bits per heavy atom. The summed E-state index contributed by atoms with van der Waals surface area (Å²) in [4.78, 5) is 58.8. The Morgan fingerprint density at radius 3 is 2.29 bits per heavy atom. The molecule has 0 saturated carbocycles. The summed E-state index contributed by atoms with van der Waals surface area (Å²) >= 11 is 0. The number of ketones is 1. The van der Waals surface area contributed by atoms with Crippen LogP contribution in [0.3, 0.4) is 0 Å². The molecule has 0 bridgehead atoms. The van der Waals surface area contributed by atoms with Crippen LogP contribution in [0.15, 0.2) is 30.3 Å². The molecule has 1 heterocycles. The topological polar surface area (TPSA) is 142 Å². The Hall–Kier alpha value is -3.23. The Balaban J connectivity index is 1.89. The second-order valence-electron chi connectivity index (χ2n) is 6.72. The number of aliphatic carboxylic acids is 1. The number of carbonyl (C=O) groups is 5. The third-order valence-corrected chi connectivity index (χ3v) is 4.36. The number of carboxylic acids is 1.